The monoisotopic (exact) mass is 456 g/mol. The van der Waals surface area contributed by atoms with E-state index < -0.39 is 0 Å². The Morgan fingerprint density at radius 3 is 2.34 bits per heavy atom. The Morgan fingerprint density at radius 1 is 1.00 bits per heavy atom. The zero-order chi connectivity index (χ0) is 22.5. The molecule has 2 aromatic carbocycles. The van der Waals surface area contributed by atoms with Gasteiger partial charge < -0.3 is 23.8 Å². The van der Waals surface area contributed by atoms with Crippen molar-refractivity contribution in [2.75, 3.05) is 65.6 Å². The Morgan fingerprint density at radius 2 is 1.69 bits per heavy atom. The summed E-state index contributed by atoms with van der Waals surface area (Å²) in [5, 5.41) is 0. The van der Waals surface area contributed by atoms with Crippen LogP contribution < -0.4 is 19.1 Å². The van der Waals surface area contributed by atoms with E-state index in [0.29, 0.717) is 28.7 Å². The molecule has 170 valence electrons. The maximum atomic E-state index is 13.5. The molecule has 0 aromatic heterocycles. The number of methoxy groups -OCH3 is 3. The minimum atomic E-state index is -0.00397. The highest BCUT2D eigenvalue weighted by molar-refractivity contribution is 8.04. The van der Waals surface area contributed by atoms with E-state index in [1.165, 1.54) is 11.8 Å². The van der Waals surface area contributed by atoms with Crippen LogP contribution in [0.3, 0.4) is 0 Å². The number of para-hydroxylation sites is 1. The third-order valence-corrected chi connectivity index (χ3v) is 6.64. The van der Waals surface area contributed by atoms with Gasteiger partial charge >= 0.3 is 0 Å². The highest BCUT2D eigenvalue weighted by Gasteiger charge is 2.29. The van der Waals surface area contributed by atoms with Gasteiger partial charge in [0.15, 0.2) is 11.5 Å². The van der Waals surface area contributed by atoms with Crippen molar-refractivity contribution in [1.29, 1.82) is 0 Å². The maximum Gasteiger partial charge on any atom is 0.265 e. The van der Waals surface area contributed by atoms with E-state index in [9.17, 15) is 4.79 Å². The predicted molar refractivity (Wildman–Crippen MR) is 126 cm³/mol. The van der Waals surface area contributed by atoms with Crippen LogP contribution in [0.15, 0.2) is 46.2 Å². The normalized spacial score (nSPS) is 17.9. The molecule has 0 bridgehead atoms. The molecule has 0 atom stereocenters. The molecule has 7 nitrogen and oxygen atoms in total. The molecule has 2 heterocycles. The largest absolute Gasteiger partial charge is 0.493 e. The lowest BCUT2D eigenvalue weighted by molar-refractivity contribution is -0.114. The lowest BCUT2D eigenvalue weighted by Gasteiger charge is -2.33. The van der Waals surface area contributed by atoms with Crippen molar-refractivity contribution in [3.8, 4) is 17.2 Å². The number of thioether (sulfide) groups is 1. The molecule has 1 saturated heterocycles. The Hall–Kier alpha value is -2.68. The van der Waals surface area contributed by atoms with Crippen molar-refractivity contribution < 1.29 is 23.7 Å². The first-order valence-electron chi connectivity index (χ1n) is 10.5. The lowest BCUT2D eigenvalue weighted by atomic mass is 10.1. The fourth-order valence-corrected chi connectivity index (χ4v) is 4.95. The van der Waals surface area contributed by atoms with Gasteiger partial charge in [0.05, 0.1) is 45.1 Å². The van der Waals surface area contributed by atoms with Crippen molar-refractivity contribution >= 4 is 29.4 Å². The molecule has 0 unspecified atom stereocenters. The molecule has 0 radical (unpaired) electrons. The van der Waals surface area contributed by atoms with Crippen LogP contribution in [0.2, 0.25) is 0 Å². The zero-order valence-electron chi connectivity index (χ0n) is 18.6. The van der Waals surface area contributed by atoms with Gasteiger partial charge in [-0.05, 0) is 35.9 Å². The summed E-state index contributed by atoms with van der Waals surface area (Å²) >= 11 is 1.49. The molecule has 2 aromatic rings. The summed E-state index contributed by atoms with van der Waals surface area (Å²) in [6.07, 6.45) is 1.88. The van der Waals surface area contributed by atoms with Crippen LogP contribution in [0, 0.1) is 0 Å². The summed E-state index contributed by atoms with van der Waals surface area (Å²) in [6, 6.07) is 11.7. The number of benzene rings is 2. The standard InChI is InChI=1S/C24H28N2O5S/c1-28-19-14-17(15-20(29-2)23(19)30-3)16-22-24(27)26(9-8-25-10-12-31-13-11-25)18-6-4-5-7-21(18)32-22/h4-7,14-16H,8-13H2,1-3H3. The van der Waals surface area contributed by atoms with Crippen molar-refractivity contribution in [3.05, 3.63) is 46.9 Å². The smallest absolute Gasteiger partial charge is 0.265 e. The molecule has 2 aliphatic rings. The Labute approximate surface area is 192 Å². The topological polar surface area (TPSA) is 60.5 Å². The average molecular weight is 457 g/mol. The number of rotatable bonds is 7. The van der Waals surface area contributed by atoms with Gasteiger partial charge in [-0.25, -0.2) is 0 Å². The first-order valence-corrected chi connectivity index (χ1v) is 11.4. The van der Waals surface area contributed by atoms with E-state index in [4.69, 9.17) is 18.9 Å². The van der Waals surface area contributed by atoms with Gasteiger partial charge in [0, 0.05) is 31.1 Å². The number of ether oxygens (including phenoxy) is 4. The number of carbonyl (C=O) groups excluding carboxylic acids is 1. The maximum absolute atomic E-state index is 13.5. The van der Waals surface area contributed by atoms with Gasteiger partial charge in [-0.15, -0.1) is 0 Å². The first kappa shape index (κ1) is 22.5. The Balaban J connectivity index is 1.65. The molecule has 1 fully saturated rings. The number of nitrogens with zero attached hydrogens (tertiary/aromatic N) is 2. The second-order valence-electron chi connectivity index (χ2n) is 7.45. The summed E-state index contributed by atoms with van der Waals surface area (Å²) in [4.78, 5) is 19.4. The number of hydrogen-bond acceptors (Lipinski definition) is 7. The Kier molecular flexibility index (Phi) is 7.24. The van der Waals surface area contributed by atoms with Gasteiger partial charge in [-0.2, -0.15) is 0 Å². The van der Waals surface area contributed by atoms with Crippen LogP contribution in [0.25, 0.3) is 6.08 Å². The van der Waals surface area contributed by atoms with Crippen molar-refractivity contribution in [2.45, 2.75) is 4.90 Å². The van der Waals surface area contributed by atoms with Gasteiger partial charge in [0.2, 0.25) is 5.75 Å². The summed E-state index contributed by atoms with van der Waals surface area (Å²) in [5.74, 6) is 1.63. The fraction of sp³-hybridized carbons (Fsp3) is 0.375. The molecule has 4 rings (SSSR count). The number of fused-ring (bicyclic) bond motifs is 1. The van der Waals surface area contributed by atoms with Crippen LogP contribution in [-0.4, -0.2) is 71.5 Å². The second kappa shape index (κ2) is 10.3. The molecular weight excluding hydrogens is 428 g/mol. The summed E-state index contributed by atoms with van der Waals surface area (Å²) in [5.41, 5.74) is 1.76. The third-order valence-electron chi connectivity index (χ3n) is 5.56. The van der Waals surface area contributed by atoms with Crippen LogP contribution in [0.4, 0.5) is 5.69 Å². The van der Waals surface area contributed by atoms with E-state index in [0.717, 1.165) is 49.0 Å². The third kappa shape index (κ3) is 4.72. The number of carbonyl (C=O) groups is 1. The number of morpholine rings is 1. The van der Waals surface area contributed by atoms with E-state index in [1.807, 2.05) is 41.3 Å². The van der Waals surface area contributed by atoms with E-state index in [-0.39, 0.29) is 5.91 Å². The minimum absolute atomic E-state index is 0.00397. The van der Waals surface area contributed by atoms with Gasteiger partial charge in [0.1, 0.15) is 0 Å². The molecule has 8 heteroatoms. The molecule has 0 saturated carbocycles. The second-order valence-corrected chi connectivity index (χ2v) is 8.53. The number of hydrogen-bond donors (Lipinski definition) is 0. The van der Waals surface area contributed by atoms with Crippen LogP contribution in [0.1, 0.15) is 5.56 Å². The van der Waals surface area contributed by atoms with Crippen LogP contribution >= 0.6 is 11.8 Å². The molecule has 0 N–H and O–H groups in total. The van der Waals surface area contributed by atoms with Crippen molar-refractivity contribution in [2.24, 2.45) is 0 Å². The zero-order valence-corrected chi connectivity index (χ0v) is 19.4. The molecule has 0 aliphatic carbocycles. The number of amides is 1. The molecule has 0 spiro atoms. The molecule has 32 heavy (non-hydrogen) atoms. The average Bonchev–Trinajstić information content (AvgIpc) is 2.84. The van der Waals surface area contributed by atoms with Crippen LogP contribution in [0.5, 0.6) is 17.2 Å². The van der Waals surface area contributed by atoms with E-state index in [2.05, 4.69) is 11.0 Å². The lowest BCUT2D eigenvalue weighted by Crippen LogP contribution is -2.44. The summed E-state index contributed by atoms with van der Waals surface area (Å²) in [7, 11) is 4.74. The Bertz CT molecular complexity index is 979. The van der Waals surface area contributed by atoms with E-state index in [1.54, 1.807) is 21.3 Å². The van der Waals surface area contributed by atoms with Crippen molar-refractivity contribution in [1.82, 2.24) is 4.90 Å². The predicted octanol–water partition coefficient (Wildman–Crippen LogP) is 3.52. The molecule has 1 amide bonds. The highest BCUT2D eigenvalue weighted by Crippen LogP contribution is 2.43. The van der Waals surface area contributed by atoms with Crippen LogP contribution in [-0.2, 0) is 9.53 Å². The fourth-order valence-electron chi connectivity index (χ4n) is 3.89. The summed E-state index contributed by atoms with van der Waals surface area (Å²) in [6.45, 7) is 4.72. The number of anilines is 1. The van der Waals surface area contributed by atoms with Gasteiger partial charge in [-0.1, -0.05) is 23.9 Å². The highest BCUT2D eigenvalue weighted by atomic mass is 32.2. The van der Waals surface area contributed by atoms with Gasteiger partial charge in [-0.3, -0.25) is 9.69 Å². The molecular formula is C24H28N2O5S. The van der Waals surface area contributed by atoms with Crippen molar-refractivity contribution in [3.63, 3.8) is 0 Å². The summed E-state index contributed by atoms with van der Waals surface area (Å²) < 4.78 is 21.8. The quantitative estimate of drug-likeness (QED) is 0.591. The first-order chi connectivity index (χ1) is 15.6. The molecule has 2 aliphatic heterocycles. The van der Waals surface area contributed by atoms with E-state index >= 15 is 0 Å². The SMILES string of the molecule is COc1cc(C=C2Sc3ccccc3N(CCN3CCOCC3)C2=O)cc(OC)c1OC. The minimum Gasteiger partial charge on any atom is -0.493 e. The van der Waals surface area contributed by atoms with Gasteiger partial charge in [0.25, 0.3) is 5.91 Å².